The van der Waals surface area contributed by atoms with Gasteiger partial charge >= 0.3 is 0 Å². The normalized spacial score (nSPS) is 19.8. The second-order valence-electron chi connectivity index (χ2n) is 3.32. The van der Waals surface area contributed by atoms with Crippen LogP contribution in [0.2, 0.25) is 0 Å². The first-order valence-electron chi connectivity index (χ1n) is 4.49. The summed E-state index contributed by atoms with van der Waals surface area (Å²) in [4.78, 5) is 4.53. The van der Waals surface area contributed by atoms with E-state index in [1.54, 1.807) is 11.3 Å². The molecule has 1 fully saturated rings. The van der Waals surface area contributed by atoms with Gasteiger partial charge in [0.1, 0.15) is 0 Å². The molecule has 0 radical (unpaired) electrons. The Bertz CT molecular complexity index is 251. The van der Waals surface area contributed by atoms with Gasteiger partial charge in [0.05, 0.1) is 10.7 Å². The quantitative estimate of drug-likeness (QED) is 0.717. The van der Waals surface area contributed by atoms with E-state index < -0.39 is 0 Å². The van der Waals surface area contributed by atoms with Crippen molar-refractivity contribution >= 4 is 11.3 Å². The zero-order chi connectivity index (χ0) is 8.39. The smallest absolute Gasteiger partial charge is 0.0897 e. The summed E-state index contributed by atoms with van der Waals surface area (Å²) in [6, 6.07) is 0. The van der Waals surface area contributed by atoms with Crippen LogP contribution < -0.4 is 5.32 Å². The fourth-order valence-corrected chi connectivity index (χ4v) is 2.38. The molecule has 1 aliphatic rings. The van der Waals surface area contributed by atoms with Gasteiger partial charge in [-0.25, -0.2) is 4.98 Å². The molecule has 0 aromatic carbocycles. The fourth-order valence-electron chi connectivity index (χ4n) is 1.69. The van der Waals surface area contributed by atoms with Crippen molar-refractivity contribution in [3.63, 3.8) is 0 Å². The predicted octanol–water partition coefficient (Wildman–Crippen LogP) is 1.92. The van der Waals surface area contributed by atoms with E-state index in [-0.39, 0.29) is 0 Å². The molecule has 3 heteroatoms. The monoisotopic (exact) mass is 182 g/mol. The zero-order valence-corrected chi connectivity index (χ0v) is 8.16. The molecule has 12 heavy (non-hydrogen) atoms. The molecule has 1 aromatic rings. The van der Waals surface area contributed by atoms with Crippen LogP contribution >= 0.6 is 11.3 Å². The molecule has 0 unspecified atom stereocenters. The molecule has 0 saturated carbocycles. The molecule has 0 aliphatic carbocycles. The number of nitrogens with zero attached hydrogens (tertiary/aromatic N) is 1. The molecule has 0 amide bonds. The number of nitrogens with one attached hydrogen (secondary N) is 1. The second-order valence-corrected chi connectivity index (χ2v) is 4.38. The van der Waals surface area contributed by atoms with Crippen LogP contribution in [0.3, 0.4) is 0 Å². The van der Waals surface area contributed by atoms with Gasteiger partial charge in [0.2, 0.25) is 0 Å². The molecule has 0 bridgehead atoms. The zero-order valence-electron chi connectivity index (χ0n) is 7.34. The Morgan fingerprint density at radius 1 is 1.50 bits per heavy atom. The molecule has 2 nitrogen and oxygen atoms in total. The number of thiazole rings is 1. The van der Waals surface area contributed by atoms with Gasteiger partial charge in [0, 0.05) is 11.3 Å². The standard InChI is InChI=1S/C9H14N2S/c1-7-11-9(6-12-7)8-2-4-10-5-3-8/h6,8,10H,2-5H2,1H3. The average Bonchev–Trinajstić information content (AvgIpc) is 2.54. The summed E-state index contributed by atoms with van der Waals surface area (Å²) in [6.07, 6.45) is 2.51. The van der Waals surface area contributed by atoms with Gasteiger partial charge in [-0.05, 0) is 32.9 Å². The van der Waals surface area contributed by atoms with Crippen molar-refractivity contribution in [3.8, 4) is 0 Å². The summed E-state index contributed by atoms with van der Waals surface area (Å²) >= 11 is 1.77. The Morgan fingerprint density at radius 3 is 2.83 bits per heavy atom. The van der Waals surface area contributed by atoms with Crippen LogP contribution in [-0.4, -0.2) is 18.1 Å². The van der Waals surface area contributed by atoms with E-state index in [0.29, 0.717) is 0 Å². The lowest BCUT2D eigenvalue weighted by Gasteiger charge is -2.20. The highest BCUT2D eigenvalue weighted by atomic mass is 32.1. The van der Waals surface area contributed by atoms with Crippen molar-refractivity contribution in [1.29, 1.82) is 0 Å². The maximum atomic E-state index is 4.53. The minimum absolute atomic E-state index is 0.719. The van der Waals surface area contributed by atoms with Gasteiger partial charge in [-0.2, -0.15) is 0 Å². The molecule has 1 aliphatic heterocycles. The Kier molecular flexibility index (Phi) is 2.42. The minimum Gasteiger partial charge on any atom is -0.317 e. The summed E-state index contributed by atoms with van der Waals surface area (Å²) in [6.45, 7) is 4.39. The summed E-state index contributed by atoms with van der Waals surface area (Å²) < 4.78 is 0. The molecule has 1 saturated heterocycles. The van der Waals surface area contributed by atoms with Crippen molar-refractivity contribution in [3.05, 3.63) is 16.1 Å². The molecule has 0 atom stereocenters. The number of rotatable bonds is 1. The Labute approximate surface area is 77.0 Å². The SMILES string of the molecule is Cc1nc(C2CCNCC2)cs1. The minimum atomic E-state index is 0.719. The molecular weight excluding hydrogens is 168 g/mol. The van der Waals surface area contributed by atoms with Crippen molar-refractivity contribution in [2.24, 2.45) is 0 Å². The van der Waals surface area contributed by atoms with Crippen LogP contribution in [0.1, 0.15) is 29.5 Å². The van der Waals surface area contributed by atoms with Crippen molar-refractivity contribution < 1.29 is 0 Å². The Morgan fingerprint density at radius 2 is 2.25 bits per heavy atom. The van der Waals surface area contributed by atoms with E-state index in [9.17, 15) is 0 Å². The topological polar surface area (TPSA) is 24.9 Å². The number of hydrogen-bond donors (Lipinski definition) is 1. The number of aryl methyl sites for hydroxylation is 1. The van der Waals surface area contributed by atoms with Crippen molar-refractivity contribution in [2.45, 2.75) is 25.7 Å². The summed E-state index contributed by atoms with van der Waals surface area (Å²) in [5.41, 5.74) is 1.32. The maximum Gasteiger partial charge on any atom is 0.0897 e. The molecule has 1 N–H and O–H groups in total. The van der Waals surface area contributed by atoms with Gasteiger partial charge in [0.25, 0.3) is 0 Å². The lowest BCUT2D eigenvalue weighted by atomic mass is 9.95. The van der Waals surface area contributed by atoms with Crippen LogP contribution in [-0.2, 0) is 0 Å². The first-order chi connectivity index (χ1) is 5.86. The van der Waals surface area contributed by atoms with Gasteiger partial charge in [0.15, 0.2) is 0 Å². The molecule has 2 heterocycles. The third-order valence-corrected chi connectivity index (χ3v) is 3.19. The van der Waals surface area contributed by atoms with E-state index in [4.69, 9.17) is 0 Å². The van der Waals surface area contributed by atoms with Crippen LogP contribution in [0.15, 0.2) is 5.38 Å². The van der Waals surface area contributed by atoms with E-state index in [1.165, 1.54) is 23.5 Å². The highest BCUT2D eigenvalue weighted by molar-refractivity contribution is 7.09. The average molecular weight is 182 g/mol. The van der Waals surface area contributed by atoms with Crippen LogP contribution in [0.5, 0.6) is 0 Å². The number of piperidine rings is 1. The fraction of sp³-hybridized carbons (Fsp3) is 0.667. The number of aromatic nitrogens is 1. The van der Waals surface area contributed by atoms with Gasteiger partial charge in [-0.15, -0.1) is 11.3 Å². The number of hydrogen-bond acceptors (Lipinski definition) is 3. The maximum absolute atomic E-state index is 4.53. The predicted molar refractivity (Wildman–Crippen MR) is 51.7 cm³/mol. The van der Waals surface area contributed by atoms with Gasteiger partial charge in [-0.1, -0.05) is 0 Å². The van der Waals surface area contributed by atoms with E-state index in [1.807, 2.05) is 0 Å². The highest BCUT2D eigenvalue weighted by Crippen LogP contribution is 2.25. The van der Waals surface area contributed by atoms with E-state index in [2.05, 4.69) is 22.6 Å². The summed E-state index contributed by atoms with van der Waals surface area (Å²) in [5, 5.41) is 6.78. The molecular formula is C9H14N2S. The van der Waals surface area contributed by atoms with E-state index >= 15 is 0 Å². The lowest BCUT2D eigenvalue weighted by molar-refractivity contribution is 0.454. The summed E-state index contributed by atoms with van der Waals surface area (Å²) in [5.74, 6) is 0.719. The first-order valence-corrected chi connectivity index (χ1v) is 5.37. The molecule has 66 valence electrons. The van der Waals surface area contributed by atoms with Crippen LogP contribution in [0.4, 0.5) is 0 Å². The highest BCUT2D eigenvalue weighted by Gasteiger charge is 2.16. The third-order valence-electron chi connectivity index (χ3n) is 2.39. The Balaban J connectivity index is 2.08. The van der Waals surface area contributed by atoms with Gasteiger partial charge in [-0.3, -0.25) is 0 Å². The van der Waals surface area contributed by atoms with Crippen LogP contribution in [0, 0.1) is 6.92 Å². The molecule has 2 rings (SSSR count). The van der Waals surface area contributed by atoms with Crippen LogP contribution in [0.25, 0.3) is 0 Å². The Hall–Kier alpha value is -0.410. The summed E-state index contributed by atoms with van der Waals surface area (Å²) in [7, 11) is 0. The van der Waals surface area contributed by atoms with E-state index in [0.717, 1.165) is 19.0 Å². The lowest BCUT2D eigenvalue weighted by Crippen LogP contribution is -2.26. The first kappa shape index (κ1) is 8.20. The molecule has 1 aromatic heterocycles. The van der Waals surface area contributed by atoms with Crippen molar-refractivity contribution in [1.82, 2.24) is 10.3 Å². The largest absolute Gasteiger partial charge is 0.317 e. The van der Waals surface area contributed by atoms with Crippen molar-refractivity contribution in [2.75, 3.05) is 13.1 Å². The third kappa shape index (κ3) is 1.67. The second kappa shape index (κ2) is 3.54. The van der Waals surface area contributed by atoms with Gasteiger partial charge < -0.3 is 5.32 Å². The molecule has 0 spiro atoms.